The molecule has 1 aromatic heterocycles. The SMILES string of the molecule is COc1cc2cc3c([n+](C)c2cc1OC)-c1ccc(N2CC(C(=O)C(C)(C)C)C2)cc1OC3. The summed E-state index contributed by atoms with van der Waals surface area (Å²) in [5, 5.41) is 1.08. The fourth-order valence-corrected chi connectivity index (χ4v) is 4.99. The molecule has 5 rings (SSSR count). The van der Waals surface area contributed by atoms with Gasteiger partial charge in [-0.25, -0.2) is 0 Å². The van der Waals surface area contributed by atoms with E-state index in [-0.39, 0.29) is 11.3 Å². The maximum atomic E-state index is 12.6. The number of carbonyl (C=O) groups is 1. The fraction of sp³-hybridized carbons (Fsp3) is 0.407. The molecule has 1 fully saturated rings. The van der Waals surface area contributed by atoms with Gasteiger partial charge in [-0.1, -0.05) is 20.8 Å². The van der Waals surface area contributed by atoms with Crippen LogP contribution in [0.25, 0.3) is 22.2 Å². The van der Waals surface area contributed by atoms with Crippen LogP contribution in [0.4, 0.5) is 5.69 Å². The number of hydrogen-bond acceptors (Lipinski definition) is 5. The lowest BCUT2D eigenvalue weighted by Crippen LogP contribution is -2.53. The van der Waals surface area contributed by atoms with Gasteiger partial charge in [-0.05, 0) is 24.3 Å². The molecule has 0 atom stereocenters. The highest BCUT2D eigenvalue weighted by molar-refractivity contribution is 5.89. The maximum Gasteiger partial charge on any atom is 0.223 e. The minimum atomic E-state index is -0.288. The first-order valence-corrected chi connectivity index (χ1v) is 11.4. The van der Waals surface area contributed by atoms with Gasteiger partial charge >= 0.3 is 0 Å². The van der Waals surface area contributed by atoms with E-state index in [4.69, 9.17) is 14.2 Å². The number of nitrogens with zero attached hydrogens (tertiary/aromatic N) is 2. The average molecular weight is 448 g/mol. The van der Waals surface area contributed by atoms with E-state index in [0.29, 0.717) is 23.9 Å². The molecule has 0 bridgehead atoms. The first-order valence-electron chi connectivity index (χ1n) is 11.4. The molecule has 33 heavy (non-hydrogen) atoms. The normalized spacial score (nSPS) is 15.4. The third-order valence-corrected chi connectivity index (χ3v) is 6.82. The summed E-state index contributed by atoms with van der Waals surface area (Å²) in [6.07, 6.45) is 0. The largest absolute Gasteiger partial charge is 0.493 e. The van der Waals surface area contributed by atoms with E-state index >= 15 is 0 Å². The summed E-state index contributed by atoms with van der Waals surface area (Å²) in [7, 11) is 5.38. The Bertz CT molecular complexity index is 1270. The van der Waals surface area contributed by atoms with Crippen LogP contribution in [0.15, 0.2) is 36.4 Å². The van der Waals surface area contributed by atoms with Gasteiger partial charge in [0.15, 0.2) is 11.5 Å². The molecular weight excluding hydrogens is 416 g/mol. The van der Waals surface area contributed by atoms with Crippen molar-refractivity contribution in [3.63, 3.8) is 0 Å². The first-order chi connectivity index (χ1) is 15.7. The summed E-state index contributed by atoms with van der Waals surface area (Å²) >= 11 is 0. The van der Waals surface area contributed by atoms with E-state index in [0.717, 1.165) is 52.3 Å². The molecular formula is C27H31N2O4+. The highest BCUT2D eigenvalue weighted by atomic mass is 16.5. The molecule has 0 radical (unpaired) electrons. The highest BCUT2D eigenvalue weighted by Crippen LogP contribution is 2.41. The van der Waals surface area contributed by atoms with Gasteiger partial charge in [0.05, 0.1) is 42.7 Å². The van der Waals surface area contributed by atoms with Gasteiger partial charge in [0, 0.05) is 30.3 Å². The molecule has 0 saturated carbocycles. The van der Waals surface area contributed by atoms with Crippen LogP contribution in [-0.4, -0.2) is 33.1 Å². The van der Waals surface area contributed by atoms with E-state index in [1.807, 2.05) is 32.9 Å². The lowest BCUT2D eigenvalue weighted by molar-refractivity contribution is -0.634. The number of hydrogen-bond donors (Lipinski definition) is 0. The molecule has 0 spiro atoms. The second-order valence-corrected chi connectivity index (χ2v) is 10.0. The van der Waals surface area contributed by atoms with Crippen molar-refractivity contribution in [2.75, 3.05) is 32.2 Å². The topological polar surface area (TPSA) is 51.9 Å². The van der Waals surface area contributed by atoms with Crippen LogP contribution in [0.2, 0.25) is 0 Å². The Morgan fingerprint density at radius 3 is 2.42 bits per heavy atom. The summed E-state index contributed by atoms with van der Waals surface area (Å²) in [6, 6.07) is 12.6. The van der Waals surface area contributed by atoms with Crippen molar-refractivity contribution in [3.8, 4) is 28.5 Å². The first kappa shape index (κ1) is 21.6. The molecule has 172 valence electrons. The minimum Gasteiger partial charge on any atom is -0.493 e. The fourth-order valence-electron chi connectivity index (χ4n) is 4.99. The Balaban J connectivity index is 1.49. The van der Waals surface area contributed by atoms with E-state index in [2.05, 4.69) is 40.8 Å². The maximum absolute atomic E-state index is 12.6. The summed E-state index contributed by atoms with van der Waals surface area (Å²) in [4.78, 5) is 14.8. The van der Waals surface area contributed by atoms with Gasteiger partial charge in [0.25, 0.3) is 0 Å². The number of aromatic nitrogens is 1. The van der Waals surface area contributed by atoms with Crippen LogP contribution >= 0.6 is 0 Å². The molecule has 0 amide bonds. The Morgan fingerprint density at radius 2 is 1.76 bits per heavy atom. The number of ether oxygens (including phenoxy) is 3. The van der Waals surface area contributed by atoms with Gasteiger partial charge in [-0.3, -0.25) is 4.79 Å². The molecule has 6 heteroatoms. The van der Waals surface area contributed by atoms with Gasteiger partial charge in [0.1, 0.15) is 25.2 Å². The van der Waals surface area contributed by atoms with Crippen LogP contribution in [-0.2, 0) is 18.4 Å². The predicted molar refractivity (Wildman–Crippen MR) is 128 cm³/mol. The average Bonchev–Trinajstić information content (AvgIpc) is 2.76. The molecule has 2 aliphatic heterocycles. The van der Waals surface area contributed by atoms with E-state index < -0.39 is 0 Å². The lowest BCUT2D eigenvalue weighted by atomic mass is 9.79. The molecule has 2 aliphatic rings. The second-order valence-electron chi connectivity index (χ2n) is 10.0. The monoisotopic (exact) mass is 447 g/mol. The standard InChI is InChI=1S/C27H31N2O4/c1-27(2,3)26(30)18-13-29(14-18)19-7-8-20-22(11-19)33-15-17-9-16-10-23(31-5)24(32-6)12-21(16)28(4)25(17)20/h7-12,18H,13-15H2,1-6H3/q+1. The van der Waals surface area contributed by atoms with Crippen molar-refractivity contribution in [3.05, 3.63) is 42.0 Å². The summed E-state index contributed by atoms with van der Waals surface area (Å²) < 4.78 is 19.4. The Kier molecular flexibility index (Phi) is 5.00. The summed E-state index contributed by atoms with van der Waals surface area (Å²) in [5.41, 5.74) is 5.23. The summed E-state index contributed by atoms with van der Waals surface area (Å²) in [5.74, 6) is 2.75. The van der Waals surface area contributed by atoms with Crippen molar-refractivity contribution < 1.29 is 23.6 Å². The van der Waals surface area contributed by atoms with Crippen LogP contribution in [0.3, 0.4) is 0 Å². The molecule has 0 aliphatic carbocycles. The number of pyridine rings is 1. The molecule has 3 heterocycles. The number of rotatable bonds is 4. The van der Waals surface area contributed by atoms with Crippen molar-refractivity contribution in [1.29, 1.82) is 0 Å². The number of benzene rings is 2. The van der Waals surface area contributed by atoms with Crippen molar-refractivity contribution >= 4 is 22.4 Å². The van der Waals surface area contributed by atoms with Gasteiger partial charge in [-0.15, -0.1) is 0 Å². The zero-order chi connectivity index (χ0) is 23.5. The molecule has 3 aromatic rings. The number of fused-ring (bicyclic) bond motifs is 4. The van der Waals surface area contributed by atoms with Crippen molar-refractivity contribution in [2.45, 2.75) is 27.4 Å². The molecule has 0 unspecified atom stereocenters. The van der Waals surface area contributed by atoms with Gasteiger partial charge in [-0.2, -0.15) is 4.57 Å². The van der Waals surface area contributed by atoms with E-state index in [1.54, 1.807) is 14.2 Å². The zero-order valence-corrected chi connectivity index (χ0v) is 20.2. The third-order valence-electron chi connectivity index (χ3n) is 6.82. The van der Waals surface area contributed by atoms with Crippen LogP contribution in [0, 0.1) is 11.3 Å². The Morgan fingerprint density at radius 1 is 1.06 bits per heavy atom. The van der Waals surface area contributed by atoms with Crippen molar-refractivity contribution in [2.24, 2.45) is 18.4 Å². The zero-order valence-electron chi connectivity index (χ0n) is 20.2. The van der Waals surface area contributed by atoms with Crippen LogP contribution < -0.4 is 23.7 Å². The number of Topliss-reactive ketones (excluding diaryl/α,β-unsaturated/α-hetero) is 1. The second kappa shape index (κ2) is 7.65. The van der Waals surface area contributed by atoms with Gasteiger partial charge in [0.2, 0.25) is 11.2 Å². The van der Waals surface area contributed by atoms with E-state index in [9.17, 15) is 4.79 Å². The molecule has 2 aromatic carbocycles. The highest BCUT2D eigenvalue weighted by Gasteiger charge is 2.38. The quantitative estimate of drug-likeness (QED) is 0.559. The van der Waals surface area contributed by atoms with E-state index in [1.165, 1.54) is 0 Å². The summed E-state index contributed by atoms with van der Waals surface area (Å²) in [6.45, 7) is 8.04. The van der Waals surface area contributed by atoms with Gasteiger partial charge < -0.3 is 19.1 Å². The number of ketones is 1. The number of carbonyl (C=O) groups excluding carboxylic acids is 1. The number of anilines is 1. The predicted octanol–water partition coefficient (Wildman–Crippen LogP) is 4.29. The Labute approximate surface area is 194 Å². The van der Waals surface area contributed by atoms with Crippen LogP contribution in [0.5, 0.6) is 17.2 Å². The molecule has 0 N–H and O–H groups in total. The minimum absolute atomic E-state index is 0.110. The lowest BCUT2D eigenvalue weighted by Gasteiger charge is -2.42. The molecule has 6 nitrogen and oxygen atoms in total. The van der Waals surface area contributed by atoms with Crippen molar-refractivity contribution in [1.82, 2.24) is 0 Å². The number of aryl methyl sites for hydroxylation is 1. The Hall–Kier alpha value is -3.28. The number of methoxy groups -OCH3 is 2. The molecule has 1 saturated heterocycles. The smallest absolute Gasteiger partial charge is 0.223 e. The third kappa shape index (κ3) is 3.48. The van der Waals surface area contributed by atoms with Crippen LogP contribution in [0.1, 0.15) is 26.3 Å².